The molecule has 0 radical (unpaired) electrons. The molecule has 1 aliphatic heterocycles. The molecule has 2 heteroatoms. The minimum Gasteiger partial charge on any atom is -0.326 e. The van der Waals surface area contributed by atoms with E-state index in [2.05, 4.69) is 38.2 Å². The summed E-state index contributed by atoms with van der Waals surface area (Å²) in [5, 5.41) is 3.55. The van der Waals surface area contributed by atoms with E-state index in [1.54, 1.807) is 0 Å². The van der Waals surface area contributed by atoms with Crippen LogP contribution in [0.15, 0.2) is 12.2 Å². The largest absolute Gasteiger partial charge is 0.326 e. The molecular formula is C13H26N2. The van der Waals surface area contributed by atoms with Gasteiger partial charge in [0.25, 0.3) is 0 Å². The molecule has 1 heterocycles. The van der Waals surface area contributed by atoms with Crippen LogP contribution in [0, 0.1) is 11.8 Å². The van der Waals surface area contributed by atoms with Crippen molar-refractivity contribution in [1.29, 1.82) is 0 Å². The van der Waals surface area contributed by atoms with Gasteiger partial charge in [0, 0.05) is 12.1 Å². The highest BCUT2D eigenvalue weighted by molar-refractivity contribution is 5.02. The highest BCUT2D eigenvalue weighted by Gasteiger charge is 2.31. The topological polar surface area (TPSA) is 38.0 Å². The van der Waals surface area contributed by atoms with Gasteiger partial charge in [0.1, 0.15) is 0 Å². The second-order valence-electron chi connectivity index (χ2n) is 4.80. The first-order valence-corrected chi connectivity index (χ1v) is 6.32. The van der Waals surface area contributed by atoms with Crippen LogP contribution in [-0.4, -0.2) is 18.6 Å². The van der Waals surface area contributed by atoms with E-state index in [9.17, 15) is 0 Å². The molecule has 1 saturated heterocycles. The molecule has 88 valence electrons. The van der Waals surface area contributed by atoms with Crippen LogP contribution in [0.2, 0.25) is 0 Å². The molecule has 0 aromatic rings. The van der Waals surface area contributed by atoms with E-state index in [-0.39, 0.29) is 0 Å². The van der Waals surface area contributed by atoms with Crippen LogP contribution in [0.25, 0.3) is 0 Å². The average molecular weight is 210 g/mol. The molecule has 0 aromatic heterocycles. The third kappa shape index (κ3) is 3.32. The van der Waals surface area contributed by atoms with Crippen LogP contribution in [0.4, 0.5) is 0 Å². The summed E-state index contributed by atoms with van der Waals surface area (Å²) in [6, 6.07) is 0.788. The fourth-order valence-electron chi connectivity index (χ4n) is 2.63. The molecule has 0 saturated carbocycles. The average Bonchev–Trinajstić information content (AvgIpc) is 2.66. The van der Waals surface area contributed by atoms with Crippen molar-refractivity contribution in [1.82, 2.24) is 5.32 Å². The van der Waals surface area contributed by atoms with Crippen molar-refractivity contribution in [3.8, 4) is 0 Å². The molecule has 2 nitrogen and oxygen atoms in total. The normalized spacial score (nSPS) is 30.9. The first-order chi connectivity index (χ1) is 7.20. The van der Waals surface area contributed by atoms with Crippen LogP contribution in [0.3, 0.4) is 0 Å². The van der Waals surface area contributed by atoms with Gasteiger partial charge in [-0.1, -0.05) is 32.4 Å². The van der Waals surface area contributed by atoms with Crippen LogP contribution < -0.4 is 11.1 Å². The van der Waals surface area contributed by atoms with Crippen molar-refractivity contribution in [2.75, 3.05) is 6.54 Å². The molecule has 15 heavy (non-hydrogen) atoms. The van der Waals surface area contributed by atoms with E-state index in [1.807, 2.05) is 0 Å². The van der Waals surface area contributed by atoms with Crippen molar-refractivity contribution in [3.63, 3.8) is 0 Å². The summed E-state index contributed by atoms with van der Waals surface area (Å²) in [6.07, 6.45) is 8.17. The Hall–Kier alpha value is -0.340. The third-order valence-electron chi connectivity index (χ3n) is 3.57. The van der Waals surface area contributed by atoms with E-state index in [1.165, 1.54) is 19.3 Å². The zero-order chi connectivity index (χ0) is 11.3. The highest BCUT2D eigenvalue weighted by Crippen LogP contribution is 2.24. The van der Waals surface area contributed by atoms with Gasteiger partial charge < -0.3 is 11.1 Å². The summed E-state index contributed by atoms with van der Waals surface area (Å²) >= 11 is 0. The van der Waals surface area contributed by atoms with E-state index in [0.29, 0.717) is 23.9 Å². The fraction of sp³-hybridized carbons (Fsp3) is 0.846. The maximum atomic E-state index is 6.33. The highest BCUT2D eigenvalue weighted by atomic mass is 15.0. The lowest BCUT2D eigenvalue weighted by Gasteiger charge is -2.29. The predicted octanol–water partition coefficient (Wildman–Crippen LogP) is 2.30. The smallest absolute Gasteiger partial charge is 0.0284 e. The molecule has 0 bridgehead atoms. The number of allylic oxidation sites excluding steroid dienone is 1. The molecule has 4 atom stereocenters. The number of hydrogen-bond acceptors (Lipinski definition) is 2. The summed E-state index contributed by atoms with van der Waals surface area (Å²) in [5.41, 5.74) is 6.33. The lowest BCUT2D eigenvalue weighted by Crippen LogP contribution is -2.48. The molecule has 0 amide bonds. The Labute approximate surface area is 94.3 Å². The summed E-state index contributed by atoms with van der Waals surface area (Å²) in [5.74, 6) is 1.27. The Morgan fingerprint density at radius 1 is 1.53 bits per heavy atom. The molecule has 0 aromatic carbocycles. The molecule has 0 aliphatic carbocycles. The van der Waals surface area contributed by atoms with Gasteiger partial charge in [-0.15, -0.1) is 0 Å². The van der Waals surface area contributed by atoms with Crippen LogP contribution in [0.1, 0.15) is 40.0 Å². The Balaban J connectivity index is 2.53. The lowest BCUT2D eigenvalue weighted by molar-refractivity contribution is 0.322. The Kier molecular flexibility index (Phi) is 5.34. The third-order valence-corrected chi connectivity index (χ3v) is 3.57. The zero-order valence-corrected chi connectivity index (χ0v) is 10.4. The molecule has 1 fully saturated rings. The van der Waals surface area contributed by atoms with E-state index in [0.717, 1.165) is 6.54 Å². The molecule has 1 rings (SSSR count). The van der Waals surface area contributed by atoms with Crippen molar-refractivity contribution in [3.05, 3.63) is 12.2 Å². The van der Waals surface area contributed by atoms with E-state index < -0.39 is 0 Å². The molecule has 4 unspecified atom stereocenters. The SMILES string of the molecule is C/C=C\C1CCNC1C(N)C(C)CCC. The number of hydrogen-bond donors (Lipinski definition) is 2. The van der Waals surface area contributed by atoms with E-state index >= 15 is 0 Å². The predicted molar refractivity (Wildman–Crippen MR) is 66.8 cm³/mol. The summed E-state index contributed by atoms with van der Waals surface area (Å²) in [6.45, 7) is 7.72. The van der Waals surface area contributed by atoms with Gasteiger partial charge in [-0.3, -0.25) is 0 Å². The van der Waals surface area contributed by atoms with Gasteiger partial charge in [0.05, 0.1) is 0 Å². The van der Waals surface area contributed by atoms with Crippen molar-refractivity contribution < 1.29 is 0 Å². The van der Waals surface area contributed by atoms with Gasteiger partial charge in [0.2, 0.25) is 0 Å². The quantitative estimate of drug-likeness (QED) is 0.683. The fourth-order valence-corrected chi connectivity index (χ4v) is 2.63. The van der Waals surface area contributed by atoms with Gasteiger partial charge >= 0.3 is 0 Å². The van der Waals surface area contributed by atoms with Gasteiger partial charge in [-0.05, 0) is 38.1 Å². The second-order valence-corrected chi connectivity index (χ2v) is 4.80. The molecule has 0 spiro atoms. The van der Waals surface area contributed by atoms with Gasteiger partial charge in [-0.2, -0.15) is 0 Å². The van der Waals surface area contributed by atoms with Crippen molar-refractivity contribution in [2.45, 2.75) is 52.1 Å². The maximum absolute atomic E-state index is 6.33. The zero-order valence-electron chi connectivity index (χ0n) is 10.4. The second kappa shape index (κ2) is 6.29. The van der Waals surface area contributed by atoms with Crippen LogP contribution >= 0.6 is 0 Å². The first kappa shape index (κ1) is 12.7. The van der Waals surface area contributed by atoms with Gasteiger partial charge in [-0.25, -0.2) is 0 Å². The summed E-state index contributed by atoms with van der Waals surface area (Å²) in [4.78, 5) is 0. The number of rotatable bonds is 5. The van der Waals surface area contributed by atoms with Crippen LogP contribution in [-0.2, 0) is 0 Å². The maximum Gasteiger partial charge on any atom is 0.0284 e. The molecular weight excluding hydrogens is 184 g/mol. The molecule has 3 N–H and O–H groups in total. The van der Waals surface area contributed by atoms with Crippen molar-refractivity contribution >= 4 is 0 Å². The monoisotopic (exact) mass is 210 g/mol. The number of nitrogens with two attached hydrogens (primary N) is 1. The summed E-state index contributed by atoms with van der Waals surface area (Å²) in [7, 11) is 0. The minimum absolute atomic E-state index is 0.300. The summed E-state index contributed by atoms with van der Waals surface area (Å²) < 4.78 is 0. The Morgan fingerprint density at radius 3 is 2.87 bits per heavy atom. The lowest BCUT2D eigenvalue weighted by atomic mass is 9.85. The number of nitrogens with one attached hydrogen (secondary N) is 1. The first-order valence-electron chi connectivity index (χ1n) is 6.32. The van der Waals surface area contributed by atoms with Gasteiger partial charge in [0.15, 0.2) is 0 Å². The van der Waals surface area contributed by atoms with Crippen LogP contribution in [0.5, 0.6) is 0 Å². The standard InChI is InChI=1S/C13H26N2/c1-4-6-10(3)12(14)13-11(7-5-2)8-9-15-13/h5,7,10-13,15H,4,6,8-9,14H2,1-3H3/b7-5-. The van der Waals surface area contributed by atoms with E-state index in [4.69, 9.17) is 5.73 Å². The molecule has 1 aliphatic rings. The Bertz CT molecular complexity index is 201. The Morgan fingerprint density at radius 2 is 2.27 bits per heavy atom. The minimum atomic E-state index is 0.300. The van der Waals surface area contributed by atoms with Crippen molar-refractivity contribution in [2.24, 2.45) is 17.6 Å².